The van der Waals surface area contributed by atoms with Gasteiger partial charge in [0.25, 0.3) is 5.91 Å². The molecule has 1 amide bonds. The fourth-order valence-corrected chi connectivity index (χ4v) is 3.79. The molecule has 4 rings (SSSR count). The van der Waals surface area contributed by atoms with E-state index in [1.807, 2.05) is 29.8 Å². The lowest BCUT2D eigenvalue weighted by Gasteiger charge is -2.38. The molecule has 1 aromatic carbocycles. The van der Waals surface area contributed by atoms with Crippen LogP contribution in [0.5, 0.6) is 0 Å². The standard InChI is InChI=1S/C20H26FN5O/c1-2-25-10-9-22-18(25)19(27)23-20(7-8-20)15-24-11-13-26(14-12-24)17-5-3-16(21)4-6-17/h3-6,9-10H,2,7-8,11-15H2,1H3,(H,23,27). The predicted octanol–water partition coefficient (Wildman–Crippen LogP) is 2.13. The maximum Gasteiger partial charge on any atom is 0.287 e. The lowest BCUT2D eigenvalue weighted by molar-refractivity contribution is 0.0900. The van der Waals surface area contributed by atoms with E-state index >= 15 is 0 Å². The third kappa shape index (κ3) is 3.98. The van der Waals surface area contributed by atoms with Crippen molar-refractivity contribution in [2.75, 3.05) is 37.6 Å². The van der Waals surface area contributed by atoms with Gasteiger partial charge >= 0.3 is 0 Å². The number of carbonyl (C=O) groups is 1. The van der Waals surface area contributed by atoms with Crippen molar-refractivity contribution in [1.29, 1.82) is 0 Å². The number of amides is 1. The van der Waals surface area contributed by atoms with Gasteiger partial charge in [-0.1, -0.05) is 0 Å². The van der Waals surface area contributed by atoms with Gasteiger partial charge in [-0.15, -0.1) is 0 Å². The second-order valence-electron chi connectivity index (χ2n) is 7.51. The third-order valence-corrected chi connectivity index (χ3v) is 5.58. The van der Waals surface area contributed by atoms with Crippen molar-refractivity contribution in [3.63, 3.8) is 0 Å². The summed E-state index contributed by atoms with van der Waals surface area (Å²) in [6, 6.07) is 6.69. The van der Waals surface area contributed by atoms with E-state index in [1.165, 1.54) is 12.1 Å². The maximum absolute atomic E-state index is 13.1. The van der Waals surface area contributed by atoms with Crippen molar-refractivity contribution in [3.05, 3.63) is 48.3 Å². The molecule has 1 aromatic heterocycles. The van der Waals surface area contributed by atoms with Crippen LogP contribution in [0.4, 0.5) is 10.1 Å². The predicted molar refractivity (Wildman–Crippen MR) is 102 cm³/mol. The van der Waals surface area contributed by atoms with Gasteiger partial charge in [-0.3, -0.25) is 9.69 Å². The molecular formula is C20H26FN5O. The molecule has 0 atom stereocenters. The van der Waals surface area contributed by atoms with E-state index in [2.05, 4.69) is 20.1 Å². The van der Waals surface area contributed by atoms with Crippen LogP contribution < -0.4 is 10.2 Å². The number of aromatic nitrogens is 2. The Bertz CT molecular complexity index is 791. The summed E-state index contributed by atoms with van der Waals surface area (Å²) < 4.78 is 15.0. The highest BCUT2D eigenvalue weighted by Gasteiger charge is 2.46. The second kappa shape index (κ2) is 7.31. The van der Waals surface area contributed by atoms with E-state index < -0.39 is 0 Å². The minimum absolute atomic E-state index is 0.0794. The quantitative estimate of drug-likeness (QED) is 0.845. The zero-order valence-electron chi connectivity index (χ0n) is 15.7. The molecule has 2 fully saturated rings. The molecule has 7 heteroatoms. The fourth-order valence-electron chi connectivity index (χ4n) is 3.79. The molecule has 1 aliphatic carbocycles. The van der Waals surface area contributed by atoms with Crippen LogP contribution in [0, 0.1) is 5.82 Å². The van der Waals surface area contributed by atoms with Crippen molar-refractivity contribution in [3.8, 4) is 0 Å². The first kappa shape index (κ1) is 18.0. The van der Waals surface area contributed by atoms with Gasteiger partial charge in [-0.2, -0.15) is 0 Å². The summed E-state index contributed by atoms with van der Waals surface area (Å²) in [7, 11) is 0. The fraction of sp³-hybridized carbons (Fsp3) is 0.500. The van der Waals surface area contributed by atoms with E-state index in [-0.39, 0.29) is 17.3 Å². The van der Waals surface area contributed by atoms with E-state index in [1.54, 1.807) is 6.20 Å². The Labute approximate surface area is 159 Å². The average Bonchev–Trinajstić information content (AvgIpc) is 3.25. The van der Waals surface area contributed by atoms with Gasteiger partial charge in [0.05, 0.1) is 5.54 Å². The smallest absolute Gasteiger partial charge is 0.287 e. The lowest BCUT2D eigenvalue weighted by Crippen LogP contribution is -2.52. The highest BCUT2D eigenvalue weighted by atomic mass is 19.1. The van der Waals surface area contributed by atoms with Crippen LogP contribution in [0.25, 0.3) is 0 Å². The highest BCUT2D eigenvalue weighted by Crippen LogP contribution is 2.36. The largest absolute Gasteiger partial charge is 0.369 e. The first-order valence-electron chi connectivity index (χ1n) is 9.65. The number of carbonyl (C=O) groups excluding carboxylic acids is 1. The summed E-state index contributed by atoms with van der Waals surface area (Å²) in [5, 5.41) is 3.22. The number of halogens is 1. The lowest BCUT2D eigenvalue weighted by atomic mass is 10.2. The molecule has 1 aliphatic heterocycles. The topological polar surface area (TPSA) is 53.4 Å². The van der Waals surface area contributed by atoms with Crippen LogP contribution >= 0.6 is 0 Å². The summed E-state index contributed by atoms with van der Waals surface area (Å²) in [5.41, 5.74) is 0.955. The first-order valence-corrected chi connectivity index (χ1v) is 9.65. The Balaban J connectivity index is 1.31. The number of anilines is 1. The number of imidazole rings is 1. The minimum atomic E-state index is -0.201. The van der Waals surface area contributed by atoms with E-state index in [0.29, 0.717) is 5.82 Å². The highest BCUT2D eigenvalue weighted by molar-refractivity contribution is 5.91. The number of piperazine rings is 1. The van der Waals surface area contributed by atoms with Gasteiger partial charge in [0, 0.05) is 57.3 Å². The van der Waals surface area contributed by atoms with E-state index in [4.69, 9.17) is 0 Å². The van der Waals surface area contributed by atoms with Crippen molar-refractivity contribution < 1.29 is 9.18 Å². The van der Waals surface area contributed by atoms with Crippen molar-refractivity contribution in [2.24, 2.45) is 0 Å². The van der Waals surface area contributed by atoms with Crippen molar-refractivity contribution in [1.82, 2.24) is 19.8 Å². The monoisotopic (exact) mass is 371 g/mol. The van der Waals surface area contributed by atoms with Crippen LogP contribution in [0.2, 0.25) is 0 Å². The van der Waals surface area contributed by atoms with Gasteiger partial charge in [0.2, 0.25) is 0 Å². The zero-order chi connectivity index (χ0) is 18.9. The molecule has 2 heterocycles. The van der Waals surface area contributed by atoms with E-state index in [9.17, 15) is 9.18 Å². The molecule has 1 N–H and O–H groups in total. The normalized spacial score (nSPS) is 19.1. The molecule has 2 aliphatic rings. The van der Waals surface area contributed by atoms with Crippen molar-refractivity contribution >= 4 is 11.6 Å². The molecule has 0 bridgehead atoms. The van der Waals surface area contributed by atoms with Crippen LogP contribution in [0.15, 0.2) is 36.7 Å². The molecular weight excluding hydrogens is 345 g/mol. The number of rotatable bonds is 6. The van der Waals surface area contributed by atoms with Gasteiger partial charge in [-0.05, 0) is 44.0 Å². The van der Waals surface area contributed by atoms with Crippen LogP contribution in [-0.2, 0) is 6.54 Å². The molecule has 144 valence electrons. The third-order valence-electron chi connectivity index (χ3n) is 5.58. The van der Waals surface area contributed by atoms with Gasteiger partial charge in [0.15, 0.2) is 5.82 Å². The van der Waals surface area contributed by atoms with Crippen molar-refractivity contribution in [2.45, 2.75) is 31.8 Å². The Morgan fingerprint density at radius 1 is 1.19 bits per heavy atom. The number of hydrogen-bond acceptors (Lipinski definition) is 4. The molecule has 0 spiro atoms. The summed E-state index contributed by atoms with van der Waals surface area (Å²) in [6.07, 6.45) is 5.54. The Morgan fingerprint density at radius 3 is 2.52 bits per heavy atom. The summed E-state index contributed by atoms with van der Waals surface area (Å²) in [6.45, 7) is 7.33. The zero-order valence-corrected chi connectivity index (χ0v) is 15.7. The van der Waals surface area contributed by atoms with Gasteiger partial charge < -0.3 is 14.8 Å². The maximum atomic E-state index is 13.1. The van der Waals surface area contributed by atoms with Gasteiger partial charge in [0.1, 0.15) is 5.82 Å². The van der Waals surface area contributed by atoms with E-state index in [0.717, 1.165) is 57.8 Å². The van der Waals surface area contributed by atoms with Gasteiger partial charge in [-0.25, -0.2) is 9.37 Å². The average molecular weight is 371 g/mol. The summed E-state index contributed by atoms with van der Waals surface area (Å²) in [5.74, 6) is 0.210. The molecule has 1 saturated carbocycles. The van der Waals surface area contributed by atoms with Crippen LogP contribution in [0.1, 0.15) is 30.4 Å². The molecule has 1 saturated heterocycles. The summed E-state index contributed by atoms with van der Waals surface area (Å²) >= 11 is 0. The first-order chi connectivity index (χ1) is 13.1. The number of hydrogen-bond donors (Lipinski definition) is 1. The molecule has 2 aromatic rings. The van der Waals surface area contributed by atoms with Crippen LogP contribution in [-0.4, -0.2) is 58.6 Å². The number of nitrogens with zero attached hydrogens (tertiary/aromatic N) is 4. The SMILES string of the molecule is CCn1ccnc1C(=O)NC1(CN2CCN(c3ccc(F)cc3)CC2)CC1. The Morgan fingerprint density at radius 2 is 1.89 bits per heavy atom. The molecule has 0 radical (unpaired) electrons. The Hall–Kier alpha value is -2.41. The second-order valence-corrected chi connectivity index (χ2v) is 7.51. The summed E-state index contributed by atoms with van der Waals surface area (Å²) in [4.78, 5) is 21.5. The number of aryl methyl sites for hydroxylation is 1. The molecule has 27 heavy (non-hydrogen) atoms. The number of benzene rings is 1. The molecule has 6 nitrogen and oxygen atoms in total. The number of nitrogens with one attached hydrogen (secondary N) is 1. The minimum Gasteiger partial charge on any atom is -0.369 e. The molecule has 0 unspecified atom stereocenters. The Kier molecular flexibility index (Phi) is 4.86. The van der Waals surface area contributed by atoms with Crippen LogP contribution in [0.3, 0.4) is 0 Å².